The van der Waals surface area contributed by atoms with Crippen molar-refractivity contribution in [2.24, 2.45) is 5.73 Å². The first-order chi connectivity index (χ1) is 8.19. The molecular formula is C12H16N2O3. The number of carbonyl (C=O) groups excluding carboxylic acids is 1. The third-order valence-corrected chi connectivity index (χ3v) is 2.80. The Kier molecular flexibility index (Phi) is 3.61. The summed E-state index contributed by atoms with van der Waals surface area (Å²) < 4.78 is 5.48. The standard InChI is InChI=1S/C12H16N2O3/c13-7-10-5-6-11(17-10)12(16)14-8-1-3-9(15)4-2-8/h1-4,10-11,15H,5-7,13H2,(H,14,16)/t10-,11+/m1/s1. The van der Waals surface area contributed by atoms with Crippen molar-refractivity contribution < 1.29 is 14.6 Å². The molecule has 0 radical (unpaired) electrons. The van der Waals surface area contributed by atoms with E-state index in [2.05, 4.69) is 5.32 Å². The summed E-state index contributed by atoms with van der Waals surface area (Å²) >= 11 is 0. The highest BCUT2D eigenvalue weighted by Crippen LogP contribution is 2.21. The molecule has 0 saturated carbocycles. The molecule has 2 rings (SSSR count). The highest BCUT2D eigenvalue weighted by atomic mass is 16.5. The highest BCUT2D eigenvalue weighted by molar-refractivity contribution is 5.94. The minimum atomic E-state index is -0.419. The summed E-state index contributed by atoms with van der Waals surface area (Å²) in [7, 11) is 0. The normalized spacial score (nSPS) is 23.6. The molecule has 0 aliphatic carbocycles. The fourth-order valence-corrected chi connectivity index (χ4v) is 1.84. The molecule has 1 amide bonds. The molecule has 0 unspecified atom stereocenters. The van der Waals surface area contributed by atoms with Crippen LogP contribution in [-0.4, -0.2) is 29.8 Å². The number of rotatable bonds is 3. The Morgan fingerprint density at radius 2 is 2.12 bits per heavy atom. The molecule has 1 heterocycles. The van der Waals surface area contributed by atoms with Crippen LogP contribution in [0.5, 0.6) is 5.75 Å². The first-order valence-electron chi connectivity index (χ1n) is 5.64. The van der Waals surface area contributed by atoms with E-state index in [9.17, 15) is 4.79 Å². The second-order valence-electron chi connectivity index (χ2n) is 4.10. The molecule has 92 valence electrons. The van der Waals surface area contributed by atoms with Crippen LogP contribution in [0.15, 0.2) is 24.3 Å². The quantitative estimate of drug-likeness (QED) is 0.679. The lowest BCUT2D eigenvalue weighted by atomic mass is 10.2. The topological polar surface area (TPSA) is 84.6 Å². The van der Waals surface area contributed by atoms with Gasteiger partial charge >= 0.3 is 0 Å². The zero-order valence-electron chi connectivity index (χ0n) is 9.43. The van der Waals surface area contributed by atoms with Crippen LogP contribution in [0.2, 0.25) is 0 Å². The Bertz CT molecular complexity index is 391. The lowest BCUT2D eigenvalue weighted by Crippen LogP contribution is -2.29. The van der Waals surface area contributed by atoms with E-state index in [1.54, 1.807) is 12.1 Å². The Hall–Kier alpha value is -1.59. The average Bonchev–Trinajstić information content (AvgIpc) is 2.81. The fraction of sp³-hybridized carbons (Fsp3) is 0.417. The SMILES string of the molecule is NC[C@H]1CC[C@@H](C(=O)Nc2ccc(O)cc2)O1. The highest BCUT2D eigenvalue weighted by Gasteiger charge is 2.29. The van der Waals surface area contributed by atoms with E-state index in [-0.39, 0.29) is 17.8 Å². The van der Waals surface area contributed by atoms with Crippen molar-refractivity contribution in [3.05, 3.63) is 24.3 Å². The Balaban J connectivity index is 1.91. The molecule has 5 heteroatoms. The average molecular weight is 236 g/mol. The Labute approximate surface area is 99.6 Å². The molecule has 1 aromatic carbocycles. The van der Waals surface area contributed by atoms with Gasteiger partial charge in [-0.25, -0.2) is 0 Å². The number of aromatic hydroxyl groups is 1. The van der Waals surface area contributed by atoms with E-state index in [4.69, 9.17) is 15.6 Å². The van der Waals surface area contributed by atoms with E-state index in [1.165, 1.54) is 12.1 Å². The maximum Gasteiger partial charge on any atom is 0.253 e. The van der Waals surface area contributed by atoms with E-state index in [0.29, 0.717) is 18.7 Å². The van der Waals surface area contributed by atoms with Crippen molar-refractivity contribution in [2.45, 2.75) is 25.0 Å². The monoisotopic (exact) mass is 236 g/mol. The van der Waals surface area contributed by atoms with Gasteiger partial charge in [0.1, 0.15) is 11.9 Å². The van der Waals surface area contributed by atoms with Gasteiger partial charge in [0.25, 0.3) is 5.91 Å². The number of benzene rings is 1. The molecule has 1 aliphatic rings. The summed E-state index contributed by atoms with van der Waals surface area (Å²) in [4.78, 5) is 11.8. The van der Waals surface area contributed by atoms with Crippen LogP contribution in [0, 0.1) is 0 Å². The van der Waals surface area contributed by atoms with Gasteiger partial charge in [-0.05, 0) is 37.1 Å². The molecular weight excluding hydrogens is 220 g/mol. The predicted octanol–water partition coefficient (Wildman–Crippen LogP) is 0.837. The second kappa shape index (κ2) is 5.16. The molecule has 2 atom stereocenters. The Morgan fingerprint density at radius 3 is 2.71 bits per heavy atom. The number of nitrogens with one attached hydrogen (secondary N) is 1. The number of carbonyl (C=O) groups is 1. The van der Waals surface area contributed by atoms with Gasteiger partial charge in [0.05, 0.1) is 6.10 Å². The van der Waals surface area contributed by atoms with Gasteiger partial charge in [-0.1, -0.05) is 0 Å². The van der Waals surface area contributed by atoms with Gasteiger partial charge in [0.2, 0.25) is 0 Å². The molecule has 5 nitrogen and oxygen atoms in total. The van der Waals surface area contributed by atoms with E-state index < -0.39 is 6.10 Å². The molecule has 1 fully saturated rings. The van der Waals surface area contributed by atoms with Crippen molar-refractivity contribution in [2.75, 3.05) is 11.9 Å². The number of anilines is 1. The minimum absolute atomic E-state index is 0.00873. The third kappa shape index (κ3) is 2.95. The first kappa shape index (κ1) is 11.9. The van der Waals surface area contributed by atoms with Crippen LogP contribution in [-0.2, 0) is 9.53 Å². The van der Waals surface area contributed by atoms with Crippen LogP contribution in [0.4, 0.5) is 5.69 Å². The smallest absolute Gasteiger partial charge is 0.253 e. The molecule has 17 heavy (non-hydrogen) atoms. The maximum absolute atomic E-state index is 11.8. The van der Waals surface area contributed by atoms with Gasteiger partial charge in [0.15, 0.2) is 0 Å². The first-order valence-corrected chi connectivity index (χ1v) is 5.64. The van der Waals surface area contributed by atoms with Gasteiger partial charge in [0, 0.05) is 12.2 Å². The second-order valence-corrected chi connectivity index (χ2v) is 4.10. The van der Waals surface area contributed by atoms with Gasteiger partial charge < -0.3 is 20.9 Å². The molecule has 1 aliphatic heterocycles. The summed E-state index contributed by atoms with van der Waals surface area (Å²) in [5.74, 6) is 0.00921. The summed E-state index contributed by atoms with van der Waals surface area (Å²) in [6.45, 7) is 0.447. The molecule has 1 aromatic rings. The van der Waals surface area contributed by atoms with E-state index in [1.807, 2.05) is 0 Å². The van der Waals surface area contributed by atoms with E-state index >= 15 is 0 Å². The number of phenols is 1. The maximum atomic E-state index is 11.8. The van der Waals surface area contributed by atoms with Gasteiger partial charge in [-0.2, -0.15) is 0 Å². The minimum Gasteiger partial charge on any atom is -0.508 e. The van der Waals surface area contributed by atoms with E-state index in [0.717, 1.165) is 6.42 Å². The molecule has 1 saturated heterocycles. The number of nitrogens with two attached hydrogens (primary N) is 1. The fourth-order valence-electron chi connectivity index (χ4n) is 1.84. The molecule has 4 N–H and O–H groups in total. The van der Waals surface area contributed by atoms with Crippen LogP contribution in [0.25, 0.3) is 0 Å². The number of hydrogen-bond acceptors (Lipinski definition) is 4. The number of ether oxygens (including phenoxy) is 1. The van der Waals surface area contributed by atoms with Crippen LogP contribution in [0.1, 0.15) is 12.8 Å². The van der Waals surface area contributed by atoms with Crippen molar-refractivity contribution >= 4 is 11.6 Å². The third-order valence-electron chi connectivity index (χ3n) is 2.80. The van der Waals surface area contributed by atoms with Crippen molar-refractivity contribution in [1.82, 2.24) is 0 Å². The van der Waals surface area contributed by atoms with Crippen molar-refractivity contribution in [1.29, 1.82) is 0 Å². The van der Waals surface area contributed by atoms with Crippen LogP contribution in [0.3, 0.4) is 0 Å². The summed E-state index contributed by atoms with van der Waals surface area (Å²) in [6.07, 6.45) is 1.10. The molecule has 0 bridgehead atoms. The van der Waals surface area contributed by atoms with Gasteiger partial charge in [-0.3, -0.25) is 4.79 Å². The Morgan fingerprint density at radius 1 is 1.41 bits per heavy atom. The summed E-state index contributed by atoms with van der Waals surface area (Å²) in [5.41, 5.74) is 6.13. The van der Waals surface area contributed by atoms with Crippen molar-refractivity contribution in [3.63, 3.8) is 0 Å². The number of amides is 1. The van der Waals surface area contributed by atoms with Gasteiger partial charge in [-0.15, -0.1) is 0 Å². The zero-order chi connectivity index (χ0) is 12.3. The molecule has 0 aromatic heterocycles. The predicted molar refractivity (Wildman–Crippen MR) is 63.7 cm³/mol. The zero-order valence-corrected chi connectivity index (χ0v) is 9.43. The van der Waals surface area contributed by atoms with Crippen molar-refractivity contribution in [3.8, 4) is 5.75 Å². The largest absolute Gasteiger partial charge is 0.508 e. The number of phenolic OH excluding ortho intramolecular Hbond substituents is 1. The number of hydrogen-bond donors (Lipinski definition) is 3. The van der Waals surface area contributed by atoms with Crippen LogP contribution < -0.4 is 11.1 Å². The summed E-state index contributed by atoms with van der Waals surface area (Å²) in [5, 5.41) is 11.9. The molecule has 0 spiro atoms. The summed E-state index contributed by atoms with van der Waals surface area (Å²) in [6, 6.07) is 6.33. The van der Waals surface area contributed by atoms with Crippen LogP contribution >= 0.6 is 0 Å². The lowest BCUT2D eigenvalue weighted by molar-refractivity contribution is -0.126. The lowest BCUT2D eigenvalue weighted by Gasteiger charge is -2.12.